The van der Waals surface area contributed by atoms with E-state index in [-0.39, 0.29) is 5.96 Å². The summed E-state index contributed by atoms with van der Waals surface area (Å²) in [7, 11) is -3.40. The van der Waals surface area contributed by atoms with Crippen molar-refractivity contribution in [2.75, 3.05) is 13.6 Å². The molecule has 0 aromatic rings. The summed E-state index contributed by atoms with van der Waals surface area (Å²) < 4.78 is 15.0. The number of carbonyl (C=O) groups excluding carboxylic acids is 1. The monoisotopic (exact) mass is 212 g/mol. The van der Waals surface area contributed by atoms with Gasteiger partial charge in [-0.25, -0.2) is 9.36 Å². The van der Waals surface area contributed by atoms with Crippen LogP contribution >= 0.6 is 7.82 Å². The van der Waals surface area contributed by atoms with Gasteiger partial charge in [0.2, 0.25) is 0 Å². The van der Waals surface area contributed by atoms with Crippen molar-refractivity contribution >= 4 is 19.8 Å². The molecule has 8 nitrogen and oxygen atoms in total. The third-order valence-corrected chi connectivity index (χ3v) is 1.47. The summed E-state index contributed by atoms with van der Waals surface area (Å²) in [6.45, 7) is -0.423. The highest BCUT2D eigenvalue weighted by molar-refractivity contribution is 7.46. The van der Waals surface area contributed by atoms with Gasteiger partial charge in [-0.3, -0.25) is 25.8 Å². The first kappa shape index (κ1) is 11.9. The topological polar surface area (TPSA) is 139 Å². The van der Waals surface area contributed by atoms with Crippen LogP contribution in [0.25, 0.3) is 0 Å². The number of likely N-dealkylation sites (N-methyl/N-ethyl adjacent to an activating group) is 1. The molecule has 6 N–H and O–H groups in total. The molecule has 0 heterocycles. The zero-order valence-electron chi connectivity index (χ0n) is 6.88. The summed E-state index contributed by atoms with van der Waals surface area (Å²) in [5, 5.41) is 0. The van der Waals surface area contributed by atoms with Crippen LogP contribution < -0.4 is 11.5 Å². The fraction of sp³-hybridized carbons (Fsp3) is 0.500. The zero-order chi connectivity index (χ0) is 10.6. The first-order chi connectivity index (χ1) is 5.72. The molecule has 0 saturated carbocycles. The molecule has 0 saturated heterocycles. The molecule has 0 aliphatic heterocycles. The Kier molecular flexibility index (Phi) is 3.86. The second-order valence-corrected chi connectivity index (χ2v) is 3.40. The van der Waals surface area contributed by atoms with Crippen LogP contribution in [0, 0.1) is 0 Å². The Morgan fingerprint density at radius 2 is 2.00 bits per heavy atom. The standard InChI is InChI=1S/C4H10N3O5P/c1-7(4(5)6)2-3(8)12-13(9,10)11/h2H2,1H3,(H5,5,6,9,10,11)/p+1. The maximum absolute atomic E-state index is 10.7. The molecule has 0 aromatic heterocycles. The van der Waals surface area contributed by atoms with E-state index in [0.29, 0.717) is 0 Å². The Balaban J connectivity index is 4.20. The molecule has 0 rings (SSSR count). The van der Waals surface area contributed by atoms with Crippen LogP contribution in [-0.2, 0) is 13.9 Å². The Bertz CT molecular complexity index is 278. The van der Waals surface area contributed by atoms with Crippen LogP contribution in [0.4, 0.5) is 0 Å². The van der Waals surface area contributed by atoms with E-state index >= 15 is 0 Å². The molecule has 0 fully saturated rings. The Morgan fingerprint density at radius 3 is 2.31 bits per heavy atom. The molecule has 13 heavy (non-hydrogen) atoms. The highest BCUT2D eigenvalue weighted by Gasteiger charge is 2.21. The molecule has 0 aliphatic rings. The predicted octanol–water partition coefficient (Wildman–Crippen LogP) is -2.46. The van der Waals surface area contributed by atoms with Crippen LogP contribution in [0.3, 0.4) is 0 Å². The highest BCUT2D eigenvalue weighted by atomic mass is 31.2. The number of nitrogens with two attached hydrogens (primary N) is 2. The van der Waals surface area contributed by atoms with Gasteiger partial charge in [-0.1, -0.05) is 0 Å². The van der Waals surface area contributed by atoms with E-state index in [4.69, 9.17) is 21.3 Å². The predicted molar refractivity (Wildman–Crippen MR) is 42.6 cm³/mol. The summed E-state index contributed by atoms with van der Waals surface area (Å²) in [5.74, 6) is -1.26. The van der Waals surface area contributed by atoms with Gasteiger partial charge in [0.25, 0.3) is 0 Å². The molecule has 0 spiro atoms. The average Bonchev–Trinajstić information content (AvgIpc) is 1.81. The SMILES string of the molecule is C[N+](CC(=O)OP(=O)(O)O)=C(N)N. The first-order valence-electron chi connectivity index (χ1n) is 3.09. The van der Waals surface area contributed by atoms with Crippen molar-refractivity contribution in [3.8, 4) is 0 Å². The number of carbonyl (C=O) groups is 1. The van der Waals surface area contributed by atoms with E-state index in [0.717, 1.165) is 4.58 Å². The lowest BCUT2D eigenvalue weighted by Crippen LogP contribution is -2.36. The van der Waals surface area contributed by atoms with Gasteiger partial charge in [0.05, 0.1) is 7.05 Å². The van der Waals surface area contributed by atoms with Gasteiger partial charge >= 0.3 is 19.8 Å². The fourth-order valence-electron chi connectivity index (χ4n) is 0.446. The van der Waals surface area contributed by atoms with E-state index in [9.17, 15) is 9.36 Å². The average molecular weight is 212 g/mol. The van der Waals surface area contributed by atoms with Gasteiger partial charge in [-0.2, -0.15) is 0 Å². The van der Waals surface area contributed by atoms with Gasteiger partial charge < -0.3 is 4.52 Å². The summed E-state index contributed by atoms with van der Waals surface area (Å²) in [5.41, 5.74) is 10.1. The molecule has 0 radical (unpaired) electrons. The lowest BCUT2D eigenvalue weighted by atomic mass is 10.6. The van der Waals surface area contributed by atoms with Crippen LogP contribution in [-0.4, -0.2) is 39.9 Å². The first-order valence-corrected chi connectivity index (χ1v) is 4.62. The van der Waals surface area contributed by atoms with E-state index in [1.165, 1.54) is 7.05 Å². The van der Waals surface area contributed by atoms with Crippen LogP contribution in [0.15, 0.2) is 0 Å². The van der Waals surface area contributed by atoms with E-state index in [1.54, 1.807) is 0 Å². The largest absolute Gasteiger partial charge is 0.527 e. The second kappa shape index (κ2) is 4.22. The maximum atomic E-state index is 10.7. The zero-order valence-corrected chi connectivity index (χ0v) is 7.77. The van der Waals surface area contributed by atoms with Gasteiger partial charge in [0.1, 0.15) is 0 Å². The minimum atomic E-state index is -4.78. The molecule has 0 aromatic carbocycles. The normalized spacial score (nSPS) is 10.7. The number of hydrogen-bond donors (Lipinski definition) is 4. The third-order valence-electron chi connectivity index (χ3n) is 1.03. The number of guanidine groups is 1. The molecular formula is C4H11N3O5P+. The number of rotatable bonds is 3. The Labute approximate surface area is 74.0 Å². The van der Waals surface area contributed by atoms with E-state index in [1.807, 2.05) is 0 Å². The summed E-state index contributed by atoms with van der Waals surface area (Å²) in [6.07, 6.45) is 0. The lowest BCUT2D eigenvalue weighted by Gasteiger charge is -2.05. The molecule has 0 bridgehead atoms. The summed E-state index contributed by atoms with van der Waals surface area (Å²) >= 11 is 0. The van der Waals surface area contributed by atoms with Crippen molar-refractivity contribution in [1.29, 1.82) is 0 Å². The highest BCUT2D eigenvalue weighted by Crippen LogP contribution is 2.35. The molecule has 76 valence electrons. The minimum Gasteiger partial charge on any atom is -0.368 e. The molecule has 0 atom stereocenters. The molecule has 0 aliphatic carbocycles. The lowest BCUT2D eigenvalue weighted by molar-refractivity contribution is -0.489. The Morgan fingerprint density at radius 1 is 1.54 bits per heavy atom. The number of phosphoric ester groups is 1. The molecule has 0 amide bonds. The van der Waals surface area contributed by atoms with E-state index < -0.39 is 20.3 Å². The van der Waals surface area contributed by atoms with Crippen LogP contribution in [0.2, 0.25) is 0 Å². The van der Waals surface area contributed by atoms with Crippen molar-refractivity contribution < 1.29 is 28.2 Å². The fourth-order valence-corrected chi connectivity index (χ4v) is 0.769. The van der Waals surface area contributed by atoms with Crippen LogP contribution in [0.1, 0.15) is 0 Å². The molecular weight excluding hydrogens is 201 g/mol. The van der Waals surface area contributed by atoms with Gasteiger partial charge in [0.15, 0.2) is 6.54 Å². The number of nitrogens with zero attached hydrogens (tertiary/aromatic N) is 1. The van der Waals surface area contributed by atoms with Gasteiger partial charge in [-0.05, 0) is 0 Å². The Hall–Kier alpha value is -1.11. The number of hydrogen-bond acceptors (Lipinski definition) is 3. The van der Waals surface area contributed by atoms with Crippen molar-refractivity contribution in [1.82, 2.24) is 0 Å². The smallest absolute Gasteiger partial charge is 0.368 e. The van der Waals surface area contributed by atoms with E-state index in [2.05, 4.69) is 4.52 Å². The van der Waals surface area contributed by atoms with Crippen molar-refractivity contribution in [2.45, 2.75) is 0 Å². The third kappa shape index (κ3) is 6.09. The summed E-state index contributed by atoms with van der Waals surface area (Å²) in [6, 6.07) is 0. The quantitative estimate of drug-likeness (QED) is 0.176. The molecule has 0 unspecified atom stereocenters. The van der Waals surface area contributed by atoms with Crippen molar-refractivity contribution in [3.05, 3.63) is 0 Å². The summed E-state index contributed by atoms with van der Waals surface area (Å²) in [4.78, 5) is 27.1. The van der Waals surface area contributed by atoms with Crippen molar-refractivity contribution in [3.63, 3.8) is 0 Å². The number of phosphoric acid groups is 1. The minimum absolute atomic E-state index is 0.150. The maximum Gasteiger partial charge on any atom is 0.527 e. The molecule has 9 heteroatoms. The van der Waals surface area contributed by atoms with Gasteiger partial charge in [0, 0.05) is 0 Å². The van der Waals surface area contributed by atoms with Gasteiger partial charge in [-0.15, -0.1) is 0 Å². The van der Waals surface area contributed by atoms with Crippen molar-refractivity contribution in [2.24, 2.45) is 11.5 Å². The van der Waals surface area contributed by atoms with Crippen LogP contribution in [0.5, 0.6) is 0 Å². The second-order valence-electron chi connectivity index (χ2n) is 2.23.